The molecular formula is C55H44Au2N2P2+2. The minimum Gasteiger partial charge on any atom is -0.366 e. The molecule has 10 aromatic rings. The van der Waals surface area contributed by atoms with Crippen LogP contribution in [0.1, 0.15) is 11.1 Å². The molecule has 304 valence electrons. The van der Waals surface area contributed by atoms with E-state index < -0.39 is 15.8 Å². The van der Waals surface area contributed by atoms with Gasteiger partial charge in [0.25, 0.3) is 0 Å². The fourth-order valence-corrected chi connectivity index (χ4v) is 15.9. The molecule has 0 bridgehead atoms. The van der Waals surface area contributed by atoms with Crippen LogP contribution in [0.25, 0.3) is 43.6 Å². The van der Waals surface area contributed by atoms with E-state index >= 15 is 0 Å². The molecule has 0 atom stereocenters. The molecule has 0 aliphatic rings. The van der Waals surface area contributed by atoms with Crippen molar-refractivity contribution in [1.29, 1.82) is 0 Å². The number of aryl methyl sites for hydroxylation is 2. The summed E-state index contributed by atoms with van der Waals surface area (Å²) in [5.41, 5.74) is 6.24. The Balaban J connectivity index is 0.000000159. The predicted molar refractivity (Wildman–Crippen MR) is 259 cm³/mol. The summed E-state index contributed by atoms with van der Waals surface area (Å²) in [6, 6.07) is 73.0. The molecule has 0 radical (unpaired) electrons. The number of hydrogen-bond acceptors (Lipinski definition) is 0. The summed E-state index contributed by atoms with van der Waals surface area (Å²) >= 11 is 0. The molecule has 6 heteroatoms. The van der Waals surface area contributed by atoms with Gasteiger partial charge in [-0.2, -0.15) is 0 Å². The van der Waals surface area contributed by atoms with Crippen molar-refractivity contribution in [1.82, 2.24) is 9.13 Å². The predicted octanol–water partition coefficient (Wildman–Crippen LogP) is 11.2. The summed E-state index contributed by atoms with van der Waals surface area (Å²) < 4.78 is 4.25. The van der Waals surface area contributed by atoms with Crippen LogP contribution >= 0.6 is 15.8 Å². The van der Waals surface area contributed by atoms with Gasteiger partial charge in [-0.1, -0.05) is 133 Å². The van der Waals surface area contributed by atoms with E-state index in [0.29, 0.717) is 0 Å². The van der Waals surface area contributed by atoms with Gasteiger partial charge in [0.1, 0.15) is 37.1 Å². The maximum atomic E-state index is 7.33. The number of nitrogens with zero attached hydrogens (tertiary/aromatic N) is 2. The molecule has 2 nitrogen and oxygen atoms in total. The average Bonchev–Trinajstić information content (AvgIpc) is 3.78. The maximum Gasteiger partial charge on any atom is 1.00 e. The van der Waals surface area contributed by atoms with Gasteiger partial charge in [0, 0.05) is 35.9 Å². The van der Waals surface area contributed by atoms with E-state index in [1.165, 1.54) is 59.7 Å². The molecule has 0 saturated carbocycles. The molecule has 0 amide bonds. The number of benzene rings is 8. The number of hydrogen-bond donors (Lipinski definition) is 0. The van der Waals surface area contributed by atoms with Crippen LogP contribution in [0.15, 0.2) is 206 Å². The minimum absolute atomic E-state index is 0. The standard InChI is InChI=1S/C25H22P2.2C15H10N.2Au/c1-5-13-22(14-6-1)26(23-15-7-2-8-16-23)21-27(24-17-9-3-10-18-24)25-19-11-4-12-20-25;2*1-3-11-7-6-9-13-12-8-4-5-10-14(12)16(2)15(11)13;;/h1-20H,21H2;2*4-10H,2H3;;/q;2*-1;2*+1/p+2. The topological polar surface area (TPSA) is 9.86 Å². The van der Waals surface area contributed by atoms with Crippen molar-refractivity contribution in [2.24, 2.45) is 14.1 Å². The van der Waals surface area contributed by atoms with Gasteiger partial charge in [-0.3, -0.25) is 11.8 Å². The van der Waals surface area contributed by atoms with E-state index in [9.17, 15) is 0 Å². The molecule has 2 heterocycles. The second-order valence-corrected chi connectivity index (χ2v) is 20.0. The van der Waals surface area contributed by atoms with Crippen LogP contribution in [0.4, 0.5) is 0 Å². The van der Waals surface area contributed by atoms with Crippen LogP contribution in [-0.2, 0) is 58.9 Å². The summed E-state index contributed by atoms with van der Waals surface area (Å²) in [5.74, 6) is 6.25. The van der Waals surface area contributed by atoms with Crippen molar-refractivity contribution < 1.29 is 44.8 Å². The van der Waals surface area contributed by atoms with E-state index in [1.54, 1.807) is 0 Å². The molecule has 10 rings (SSSR count). The van der Waals surface area contributed by atoms with Crippen molar-refractivity contribution in [2.45, 2.75) is 0 Å². The Morgan fingerprint density at radius 2 is 0.639 bits per heavy atom. The summed E-state index contributed by atoms with van der Waals surface area (Å²) in [5, 5.41) is 10.9. The molecule has 0 saturated heterocycles. The van der Waals surface area contributed by atoms with Crippen LogP contribution < -0.4 is 21.2 Å². The quantitative estimate of drug-likeness (QED) is 0.0680. The first-order valence-electron chi connectivity index (χ1n) is 19.8. The van der Waals surface area contributed by atoms with Crippen molar-refractivity contribution >= 4 is 80.7 Å². The first-order chi connectivity index (χ1) is 29.1. The van der Waals surface area contributed by atoms with Crippen LogP contribution in [-0.4, -0.2) is 15.0 Å². The zero-order valence-electron chi connectivity index (χ0n) is 33.8. The van der Waals surface area contributed by atoms with Crippen molar-refractivity contribution in [3.63, 3.8) is 0 Å². The van der Waals surface area contributed by atoms with Crippen LogP contribution in [0, 0.1) is 24.7 Å². The zero-order chi connectivity index (χ0) is 40.6. The second kappa shape index (κ2) is 21.6. The number of aromatic nitrogens is 2. The number of fused-ring (bicyclic) bond motifs is 6. The first-order valence-corrected chi connectivity index (χ1v) is 23.2. The van der Waals surface area contributed by atoms with E-state index in [-0.39, 0.29) is 44.8 Å². The Kier molecular flexibility index (Phi) is 16.0. The second-order valence-electron chi connectivity index (χ2n) is 14.4. The fourth-order valence-electron chi connectivity index (χ4n) is 8.15. The Morgan fingerprint density at radius 3 is 0.951 bits per heavy atom. The van der Waals surface area contributed by atoms with Crippen molar-refractivity contribution in [3.8, 4) is 11.8 Å². The molecular weight excluding hydrogens is 1140 g/mol. The van der Waals surface area contributed by atoms with Gasteiger partial charge in [0.15, 0.2) is 5.90 Å². The molecule has 2 aromatic heterocycles. The van der Waals surface area contributed by atoms with Crippen LogP contribution in [0.3, 0.4) is 0 Å². The molecule has 8 aromatic carbocycles. The van der Waals surface area contributed by atoms with Gasteiger partial charge in [0.2, 0.25) is 0 Å². The number of para-hydroxylation sites is 4. The maximum absolute atomic E-state index is 7.33. The molecule has 0 fully saturated rings. The average molecular weight is 1190 g/mol. The smallest absolute Gasteiger partial charge is 0.366 e. The molecule has 0 N–H and O–H groups in total. The largest absolute Gasteiger partial charge is 1.00 e. The van der Waals surface area contributed by atoms with Crippen LogP contribution in [0.5, 0.6) is 0 Å². The molecule has 0 spiro atoms. The summed E-state index contributed by atoms with van der Waals surface area (Å²) in [7, 11) is 2.37. The normalized spacial score (nSPS) is 10.5. The molecule has 0 unspecified atom stereocenters. The monoisotopic (exact) mass is 1190 g/mol. The third kappa shape index (κ3) is 9.82. The van der Waals surface area contributed by atoms with Crippen molar-refractivity contribution in [2.75, 3.05) is 5.90 Å². The van der Waals surface area contributed by atoms with E-state index in [0.717, 1.165) is 22.2 Å². The molecule has 0 aliphatic carbocycles. The van der Waals surface area contributed by atoms with Gasteiger partial charge in [-0.15, -0.1) is 23.3 Å². The Hall–Kier alpha value is -5.18. The minimum atomic E-state index is -0.847. The Bertz CT molecular complexity index is 2780. The van der Waals surface area contributed by atoms with E-state index in [1.807, 2.05) is 62.6 Å². The van der Waals surface area contributed by atoms with E-state index in [2.05, 4.69) is 179 Å². The van der Waals surface area contributed by atoms with Gasteiger partial charge >= 0.3 is 44.8 Å². The third-order valence-corrected chi connectivity index (χ3v) is 17.9. The molecule has 0 aliphatic heterocycles. The van der Waals surface area contributed by atoms with Crippen LogP contribution in [0.2, 0.25) is 0 Å². The third-order valence-electron chi connectivity index (χ3n) is 11.0. The summed E-state index contributed by atoms with van der Waals surface area (Å²) in [4.78, 5) is 0. The first kappa shape index (κ1) is 45.4. The Labute approximate surface area is 393 Å². The SMILES string of the molecule is [Au+].[Au+].[C-]#Cc1cccc2c3ccccc3n(C)c12.[C-]#Cc1cccc2c3ccccc3n(C)c12.c1ccc([PH+](C[PH+](c2ccccc2)c2ccccc2)c2ccccc2)cc1. The van der Waals surface area contributed by atoms with Gasteiger partial charge in [-0.05, 0) is 82.5 Å². The van der Waals surface area contributed by atoms with Gasteiger partial charge < -0.3 is 22.0 Å². The summed E-state index contributed by atoms with van der Waals surface area (Å²) in [6.07, 6.45) is 14.7. The zero-order valence-corrected chi connectivity index (χ0v) is 40.2. The number of rotatable bonds is 6. The van der Waals surface area contributed by atoms with Gasteiger partial charge in [-0.25, -0.2) is 0 Å². The van der Waals surface area contributed by atoms with Crippen molar-refractivity contribution in [3.05, 3.63) is 230 Å². The van der Waals surface area contributed by atoms with E-state index in [4.69, 9.17) is 12.8 Å². The Morgan fingerprint density at radius 1 is 0.361 bits per heavy atom. The molecule has 61 heavy (non-hydrogen) atoms. The summed E-state index contributed by atoms with van der Waals surface area (Å²) in [6.45, 7) is 0. The fraction of sp³-hybridized carbons (Fsp3) is 0.0545. The van der Waals surface area contributed by atoms with Gasteiger partial charge in [0.05, 0.1) is 0 Å².